The third kappa shape index (κ3) is 5.64. The van der Waals surface area contributed by atoms with Crippen molar-refractivity contribution >= 4 is 27.4 Å². The zero-order valence-electron chi connectivity index (χ0n) is 17.1. The monoisotopic (exact) mass is 477 g/mol. The topological polar surface area (TPSA) is 82.6 Å². The van der Waals surface area contributed by atoms with Gasteiger partial charge >= 0.3 is 22.3 Å². The number of ether oxygens (including phenoxy) is 1. The van der Waals surface area contributed by atoms with Crippen LogP contribution >= 0.6 is 11.3 Å². The molecule has 0 bridgehead atoms. The van der Waals surface area contributed by atoms with Gasteiger partial charge in [-0.2, -0.15) is 21.6 Å². The highest BCUT2D eigenvalue weighted by Crippen LogP contribution is 2.35. The normalized spacial score (nSPS) is 20.5. The van der Waals surface area contributed by atoms with Gasteiger partial charge < -0.3 is 8.92 Å². The molecule has 2 atom stereocenters. The molecule has 3 heterocycles. The second kappa shape index (κ2) is 8.51. The van der Waals surface area contributed by atoms with E-state index in [1.165, 1.54) is 12.1 Å². The fourth-order valence-corrected chi connectivity index (χ4v) is 5.29. The van der Waals surface area contributed by atoms with Gasteiger partial charge in [0.25, 0.3) is 0 Å². The molecule has 3 rings (SSSR count). The Bertz CT molecular complexity index is 1040. The van der Waals surface area contributed by atoms with Crippen LogP contribution in [0.15, 0.2) is 34.7 Å². The minimum absolute atomic E-state index is 0.184. The summed E-state index contributed by atoms with van der Waals surface area (Å²) in [6.07, 6.45) is -3.30. The standard InChI is InChI=1S/C20H22F3NO5S2/c1-19(2,3)16-10-12(8-9-28-16)18(25)29-31(26,27)17-7-6-15(30-17)14-5-4-13(11-24-14)20(21,22)23/h4-7,11-12,16H,8-10H2,1-3H3. The largest absolute Gasteiger partial charge is 0.417 e. The van der Waals surface area contributed by atoms with Crippen LogP contribution in [-0.2, 0) is 30.0 Å². The Kier molecular flexibility index (Phi) is 6.50. The van der Waals surface area contributed by atoms with Crippen molar-refractivity contribution in [3.63, 3.8) is 0 Å². The summed E-state index contributed by atoms with van der Waals surface area (Å²) in [5, 5.41) is 0. The molecule has 2 aromatic rings. The molecule has 170 valence electrons. The van der Waals surface area contributed by atoms with Crippen molar-refractivity contribution in [1.82, 2.24) is 4.98 Å². The molecular weight excluding hydrogens is 455 g/mol. The summed E-state index contributed by atoms with van der Waals surface area (Å²) < 4.78 is 73.5. The van der Waals surface area contributed by atoms with E-state index in [0.29, 0.717) is 30.5 Å². The average Bonchev–Trinajstić information content (AvgIpc) is 3.18. The van der Waals surface area contributed by atoms with Gasteiger partial charge in [-0.15, -0.1) is 11.3 Å². The number of rotatable bonds is 4. The molecule has 1 fully saturated rings. The number of thiophene rings is 1. The molecule has 2 aromatic heterocycles. The Balaban J connectivity index is 1.72. The van der Waals surface area contributed by atoms with Gasteiger partial charge in [-0.3, -0.25) is 9.78 Å². The van der Waals surface area contributed by atoms with Crippen LogP contribution < -0.4 is 0 Å². The van der Waals surface area contributed by atoms with Gasteiger partial charge in [0, 0.05) is 12.8 Å². The zero-order valence-corrected chi connectivity index (χ0v) is 18.7. The molecule has 11 heteroatoms. The second-order valence-corrected chi connectivity index (χ2v) is 11.2. The van der Waals surface area contributed by atoms with Crippen molar-refractivity contribution in [3.05, 3.63) is 36.0 Å². The molecule has 6 nitrogen and oxygen atoms in total. The van der Waals surface area contributed by atoms with Crippen molar-refractivity contribution in [2.24, 2.45) is 11.3 Å². The summed E-state index contributed by atoms with van der Waals surface area (Å²) in [5.74, 6) is -1.43. The lowest BCUT2D eigenvalue weighted by Gasteiger charge is -2.36. The summed E-state index contributed by atoms with van der Waals surface area (Å²) in [6, 6.07) is 4.67. The SMILES string of the molecule is CC(C)(C)C1CC(C(=O)OS(=O)(=O)c2ccc(-c3ccc(C(F)(F)F)cn3)s2)CCO1. The molecule has 2 unspecified atom stereocenters. The fourth-order valence-electron chi connectivity index (χ4n) is 3.13. The van der Waals surface area contributed by atoms with Crippen LogP contribution in [0.5, 0.6) is 0 Å². The van der Waals surface area contributed by atoms with Gasteiger partial charge in [0.15, 0.2) is 4.21 Å². The van der Waals surface area contributed by atoms with Gasteiger partial charge in [-0.05, 0) is 42.5 Å². The molecule has 1 aliphatic heterocycles. The molecule has 0 spiro atoms. The van der Waals surface area contributed by atoms with Crippen molar-refractivity contribution in [3.8, 4) is 10.6 Å². The molecule has 0 N–H and O–H groups in total. The summed E-state index contributed by atoms with van der Waals surface area (Å²) in [7, 11) is -4.36. The lowest BCUT2D eigenvalue weighted by Crippen LogP contribution is -2.39. The number of carbonyl (C=O) groups excluding carboxylic acids is 1. The van der Waals surface area contributed by atoms with Gasteiger partial charge in [-0.25, -0.2) is 0 Å². The maximum absolute atomic E-state index is 12.7. The van der Waals surface area contributed by atoms with E-state index in [0.717, 1.165) is 23.5 Å². The Morgan fingerprint density at radius 3 is 2.48 bits per heavy atom. The van der Waals surface area contributed by atoms with Crippen molar-refractivity contribution in [1.29, 1.82) is 0 Å². The van der Waals surface area contributed by atoms with E-state index < -0.39 is 33.7 Å². The number of hydrogen-bond donors (Lipinski definition) is 0. The highest BCUT2D eigenvalue weighted by atomic mass is 32.3. The van der Waals surface area contributed by atoms with Gasteiger partial charge in [0.2, 0.25) is 0 Å². The van der Waals surface area contributed by atoms with E-state index in [1.807, 2.05) is 20.8 Å². The van der Waals surface area contributed by atoms with Crippen molar-refractivity contribution in [2.45, 2.75) is 50.1 Å². The van der Waals surface area contributed by atoms with Crippen LogP contribution in [0, 0.1) is 11.3 Å². The van der Waals surface area contributed by atoms with E-state index in [-0.39, 0.29) is 21.4 Å². The first-order chi connectivity index (χ1) is 14.3. The van der Waals surface area contributed by atoms with E-state index in [2.05, 4.69) is 4.98 Å². The third-order valence-electron chi connectivity index (χ3n) is 4.95. The first-order valence-corrected chi connectivity index (χ1v) is 11.7. The molecule has 0 aromatic carbocycles. The summed E-state index contributed by atoms with van der Waals surface area (Å²) in [6.45, 7) is 6.27. The predicted molar refractivity (Wildman–Crippen MR) is 108 cm³/mol. The van der Waals surface area contributed by atoms with E-state index >= 15 is 0 Å². The molecule has 1 saturated heterocycles. The van der Waals surface area contributed by atoms with Crippen LogP contribution in [-0.4, -0.2) is 32.1 Å². The molecule has 1 aliphatic rings. The van der Waals surface area contributed by atoms with Gasteiger partial charge in [0.1, 0.15) is 0 Å². The molecule has 31 heavy (non-hydrogen) atoms. The maximum Gasteiger partial charge on any atom is 0.417 e. The minimum atomic E-state index is -4.51. The number of alkyl halides is 3. The number of halogens is 3. The number of aromatic nitrogens is 1. The lowest BCUT2D eigenvalue weighted by molar-refractivity contribution is -0.146. The second-order valence-electron chi connectivity index (χ2n) is 8.35. The number of nitrogens with zero attached hydrogens (tertiary/aromatic N) is 1. The molecule has 0 saturated carbocycles. The van der Waals surface area contributed by atoms with E-state index in [9.17, 15) is 26.4 Å². The zero-order chi connectivity index (χ0) is 23.0. The first kappa shape index (κ1) is 23.7. The van der Waals surface area contributed by atoms with Crippen molar-refractivity contribution in [2.75, 3.05) is 6.61 Å². The maximum atomic E-state index is 12.7. The summed E-state index contributed by atoms with van der Waals surface area (Å²) in [5.41, 5.74) is -0.919. The summed E-state index contributed by atoms with van der Waals surface area (Å²) in [4.78, 5) is 16.6. The van der Waals surface area contributed by atoms with Crippen LogP contribution in [0.1, 0.15) is 39.2 Å². The number of carbonyl (C=O) groups is 1. The molecule has 0 aliphatic carbocycles. The highest BCUT2D eigenvalue weighted by molar-refractivity contribution is 7.89. The smallest absolute Gasteiger partial charge is 0.378 e. The highest BCUT2D eigenvalue weighted by Gasteiger charge is 2.37. The van der Waals surface area contributed by atoms with Crippen LogP contribution in [0.25, 0.3) is 10.6 Å². The molecular formula is C20H22F3NO5S2. The quantitative estimate of drug-likeness (QED) is 0.583. The first-order valence-electron chi connectivity index (χ1n) is 9.51. The Hall–Kier alpha value is -1.98. The van der Waals surface area contributed by atoms with Crippen molar-refractivity contribution < 1.29 is 35.3 Å². The van der Waals surface area contributed by atoms with E-state index in [1.54, 1.807) is 0 Å². The minimum Gasteiger partial charge on any atom is -0.378 e. The average molecular weight is 478 g/mol. The number of pyridine rings is 1. The van der Waals surface area contributed by atoms with Crippen LogP contribution in [0.2, 0.25) is 0 Å². The third-order valence-corrected chi connectivity index (χ3v) is 7.72. The predicted octanol–water partition coefficient (Wildman–Crippen LogP) is 4.90. The van der Waals surface area contributed by atoms with Crippen LogP contribution in [0.3, 0.4) is 0 Å². The molecule has 0 radical (unpaired) electrons. The van der Waals surface area contributed by atoms with Crippen LogP contribution in [0.4, 0.5) is 13.2 Å². The Labute approximate surface area is 182 Å². The Morgan fingerprint density at radius 2 is 1.90 bits per heavy atom. The number of hydrogen-bond acceptors (Lipinski definition) is 7. The van der Waals surface area contributed by atoms with Gasteiger partial charge in [0.05, 0.1) is 28.2 Å². The summed E-state index contributed by atoms with van der Waals surface area (Å²) >= 11 is 0.766. The molecule has 0 amide bonds. The van der Waals surface area contributed by atoms with E-state index in [4.69, 9.17) is 8.92 Å². The fraction of sp³-hybridized carbons (Fsp3) is 0.500. The van der Waals surface area contributed by atoms with Gasteiger partial charge in [-0.1, -0.05) is 20.8 Å². The lowest BCUT2D eigenvalue weighted by atomic mass is 9.81. The Morgan fingerprint density at radius 1 is 1.19 bits per heavy atom.